The first kappa shape index (κ1) is 32.0. The van der Waals surface area contributed by atoms with E-state index in [2.05, 4.69) is 19.2 Å². The predicted octanol–water partition coefficient (Wildman–Crippen LogP) is 1.54. The molecule has 1 aliphatic heterocycles. The van der Waals surface area contributed by atoms with Gasteiger partial charge in [-0.15, -0.1) is 0 Å². The van der Waals surface area contributed by atoms with Crippen molar-refractivity contribution in [2.24, 2.45) is 5.92 Å². The lowest BCUT2D eigenvalue weighted by molar-refractivity contribution is -0.140. The highest BCUT2D eigenvalue weighted by Gasteiger charge is 2.30. The fourth-order valence-corrected chi connectivity index (χ4v) is 4.09. The molecule has 0 radical (unpaired) electrons. The quantitative estimate of drug-likeness (QED) is 0.406. The van der Waals surface area contributed by atoms with E-state index < -0.39 is 18.3 Å². The Hall–Kier alpha value is -2.24. The molecular formula is C28H47N3O7. The van der Waals surface area contributed by atoms with Crippen LogP contribution in [0.3, 0.4) is 0 Å². The predicted molar refractivity (Wildman–Crippen MR) is 145 cm³/mol. The maximum atomic E-state index is 13.5. The Morgan fingerprint density at radius 1 is 1.13 bits per heavy atom. The molecular weight excluding hydrogens is 490 g/mol. The van der Waals surface area contributed by atoms with E-state index in [1.54, 1.807) is 28.0 Å². The molecule has 0 saturated carbocycles. The summed E-state index contributed by atoms with van der Waals surface area (Å²) in [4.78, 5) is 29.3. The Kier molecular flexibility index (Phi) is 14.6. The first-order valence-corrected chi connectivity index (χ1v) is 13.7. The van der Waals surface area contributed by atoms with E-state index in [0.29, 0.717) is 69.5 Å². The van der Waals surface area contributed by atoms with Gasteiger partial charge in [-0.2, -0.15) is 0 Å². The van der Waals surface area contributed by atoms with Gasteiger partial charge in [-0.25, -0.2) is 0 Å². The Labute approximate surface area is 227 Å². The molecule has 216 valence electrons. The molecule has 38 heavy (non-hydrogen) atoms. The molecule has 10 heteroatoms. The van der Waals surface area contributed by atoms with Crippen molar-refractivity contribution in [1.29, 1.82) is 0 Å². The summed E-state index contributed by atoms with van der Waals surface area (Å²) >= 11 is 0. The maximum Gasteiger partial charge on any atom is 0.254 e. The number of aliphatic hydroxyl groups is 2. The van der Waals surface area contributed by atoms with Crippen LogP contribution < -0.4 is 10.1 Å². The number of benzene rings is 1. The lowest BCUT2D eigenvalue weighted by Gasteiger charge is -2.33. The Bertz CT molecular complexity index is 838. The fraction of sp³-hybridized carbons (Fsp3) is 0.714. The lowest BCUT2D eigenvalue weighted by Crippen LogP contribution is -2.50. The molecule has 1 aliphatic rings. The topological polar surface area (TPSA) is 121 Å². The van der Waals surface area contributed by atoms with Crippen molar-refractivity contribution in [2.75, 3.05) is 66.2 Å². The van der Waals surface area contributed by atoms with Crippen LogP contribution in [0.25, 0.3) is 0 Å². The number of amides is 2. The third-order valence-corrected chi connectivity index (χ3v) is 6.53. The third-order valence-electron chi connectivity index (χ3n) is 6.53. The van der Waals surface area contributed by atoms with Gasteiger partial charge in [-0.05, 0) is 50.4 Å². The van der Waals surface area contributed by atoms with Crippen LogP contribution in [-0.2, 0) is 14.3 Å². The van der Waals surface area contributed by atoms with E-state index in [-0.39, 0.29) is 31.5 Å². The second kappa shape index (κ2) is 17.4. The molecule has 0 spiro atoms. The summed E-state index contributed by atoms with van der Waals surface area (Å²) in [5, 5.41) is 24.4. The van der Waals surface area contributed by atoms with Crippen molar-refractivity contribution in [2.45, 2.75) is 58.3 Å². The van der Waals surface area contributed by atoms with Crippen molar-refractivity contribution in [3.05, 3.63) is 29.8 Å². The standard InChI is InChI=1S/C28H47N3O7/c1-21(2)10-16-38-26-19-31(22(3)32)14-13-30(12-5-6-15-36-20-25(33)27(26)34)28(35)23-8-7-9-24(18-23)37-17-11-29-4/h7-9,18,21,25-27,29,33-34H,5-6,10-17,19-20H2,1-4H3/t25-,26-,27-/m1/s1. The number of nitrogens with one attached hydrogen (secondary N) is 1. The monoisotopic (exact) mass is 537 g/mol. The number of ether oxygens (including phenoxy) is 3. The highest BCUT2D eigenvalue weighted by atomic mass is 16.5. The number of hydrogen-bond donors (Lipinski definition) is 3. The summed E-state index contributed by atoms with van der Waals surface area (Å²) in [6.45, 7) is 8.77. The summed E-state index contributed by atoms with van der Waals surface area (Å²) in [5.74, 6) is 0.705. The summed E-state index contributed by atoms with van der Waals surface area (Å²) in [5.41, 5.74) is 0.520. The van der Waals surface area contributed by atoms with Crippen LogP contribution >= 0.6 is 0 Å². The van der Waals surface area contributed by atoms with E-state index in [4.69, 9.17) is 14.2 Å². The van der Waals surface area contributed by atoms with Gasteiger partial charge in [0.15, 0.2) is 0 Å². The normalized spacial score (nSPS) is 22.2. The minimum Gasteiger partial charge on any atom is -0.492 e. The van der Waals surface area contributed by atoms with Crippen LogP contribution in [0.1, 0.15) is 50.4 Å². The number of likely N-dealkylation sites (N-methyl/N-ethyl adjacent to an activating group) is 1. The molecule has 3 N–H and O–H groups in total. The van der Waals surface area contributed by atoms with Gasteiger partial charge in [0.2, 0.25) is 5.91 Å². The van der Waals surface area contributed by atoms with Crippen LogP contribution in [0.5, 0.6) is 5.75 Å². The summed E-state index contributed by atoms with van der Waals surface area (Å²) in [7, 11) is 1.85. The molecule has 1 saturated heterocycles. The molecule has 0 aromatic heterocycles. The molecule has 1 aromatic carbocycles. The van der Waals surface area contributed by atoms with Crippen LogP contribution in [0.4, 0.5) is 0 Å². The van der Waals surface area contributed by atoms with Gasteiger partial charge >= 0.3 is 0 Å². The van der Waals surface area contributed by atoms with Gasteiger partial charge < -0.3 is 39.5 Å². The van der Waals surface area contributed by atoms with Gasteiger partial charge in [0.1, 0.15) is 30.7 Å². The average Bonchev–Trinajstić information content (AvgIpc) is 2.89. The van der Waals surface area contributed by atoms with Crippen LogP contribution in [0.15, 0.2) is 24.3 Å². The van der Waals surface area contributed by atoms with Gasteiger partial charge in [-0.3, -0.25) is 9.59 Å². The molecule has 2 amide bonds. The molecule has 0 aliphatic carbocycles. The van der Waals surface area contributed by atoms with E-state index >= 15 is 0 Å². The summed E-state index contributed by atoms with van der Waals surface area (Å²) in [6.07, 6.45) is -0.953. The van der Waals surface area contributed by atoms with E-state index in [9.17, 15) is 19.8 Å². The number of carbonyl (C=O) groups excluding carboxylic acids is 2. The van der Waals surface area contributed by atoms with Gasteiger partial charge in [0.05, 0.1) is 6.61 Å². The van der Waals surface area contributed by atoms with E-state index in [1.165, 1.54) is 6.92 Å². The van der Waals surface area contributed by atoms with E-state index in [1.807, 2.05) is 13.1 Å². The van der Waals surface area contributed by atoms with Crippen molar-refractivity contribution >= 4 is 11.8 Å². The second-order valence-corrected chi connectivity index (χ2v) is 10.2. The Balaban J connectivity index is 2.18. The zero-order valence-corrected chi connectivity index (χ0v) is 23.4. The van der Waals surface area contributed by atoms with Crippen LogP contribution in [-0.4, -0.2) is 116 Å². The molecule has 0 unspecified atom stereocenters. The summed E-state index contributed by atoms with van der Waals surface area (Å²) < 4.78 is 17.3. The molecule has 0 bridgehead atoms. The van der Waals surface area contributed by atoms with Crippen molar-refractivity contribution < 1.29 is 34.0 Å². The molecule has 1 fully saturated rings. The SMILES string of the molecule is CNCCOc1cccc(C(=O)N2CCCCOC[C@@H](O)[C@@H](O)[C@H](OCCC(C)C)CN(C(C)=O)CC2)c1. The zero-order chi connectivity index (χ0) is 27.9. The highest BCUT2D eigenvalue weighted by Crippen LogP contribution is 2.17. The fourth-order valence-electron chi connectivity index (χ4n) is 4.09. The number of aliphatic hydroxyl groups excluding tert-OH is 2. The average molecular weight is 538 g/mol. The first-order chi connectivity index (χ1) is 18.2. The Morgan fingerprint density at radius 3 is 2.61 bits per heavy atom. The number of nitrogens with zero attached hydrogens (tertiary/aromatic N) is 2. The zero-order valence-electron chi connectivity index (χ0n) is 23.4. The Morgan fingerprint density at radius 2 is 1.89 bits per heavy atom. The largest absolute Gasteiger partial charge is 0.492 e. The molecule has 1 aromatic rings. The van der Waals surface area contributed by atoms with Crippen molar-refractivity contribution in [3.8, 4) is 5.75 Å². The smallest absolute Gasteiger partial charge is 0.254 e. The molecule has 10 nitrogen and oxygen atoms in total. The maximum absolute atomic E-state index is 13.5. The van der Waals surface area contributed by atoms with E-state index in [0.717, 1.165) is 6.42 Å². The molecule has 2 rings (SSSR count). The van der Waals surface area contributed by atoms with Gasteiger partial charge in [0, 0.05) is 58.4 Å². The number of carbonyl (C=O) groups is 2. The third kappa shape index (κ3) is 11.2. The lowest BCUT2D eigenvalue weighted by atomic mass is 10.1. The first-order valence-electron chi connectivity index (χ1n) is 13.7. The minimum atomic E-state index is -1.21. The highest BCUT2D eigenvalue weighted by molar-refractivity contribution is 5.94. The number of rotatable bonds is 9. The molecule has 1 heterocycles. The second-order valence-electron chi connectivity index (χ2n) is 10.2. The number of hydrogen-bond acceptors (Lipinski definition) is 8. The van der Waals surface area contributed by atoms with Crippen LogP contribution in [0, 0.1) is 5.92 Å². The molecule has 3 atom stereocenters. The van der Waals surface area contributed by atoms with Crippen molar-refractivity contribution in [1.82, 2.24) is 15.1 Å². The van der Waals surface area contributed by atoms with Crippen LogP contribution in [0.2, 0.25) is 0 Å². The van der Waals surface area contributed by atoms with Gasteiger partial charge in [0.25, 0.3) is 5.91 Å². The summed E-state index contributed by atoms with van der Waals surface area (Å²) in [6, 6.07) is 7.13. The van der Waals surface area contributed by atoms with Gasteiger partial charge in [-0.1, -0.05) is 19.9 Å². The van der Waals surface area contributed by atoms with Crippen molar-refractivity contribution in [3.63, 3.8) is 0 Å². The minimum absolute atomic E-state index is 0.0335.